The molecule has 37 heavy (non-hydrogen) atoms. The lowest BCUT2D eigenvalue weighted by Crippen LogP contribution is -2.51. The molecule has 0 saturated heterocycles. The number of nitrogen functional groups attached to an aromatic ring is 2. The number of hydrogen-bond acceptors (Lipinski definition) is 3. The van der Waals surface area contributed by atoms with Crippen LogP contribution in [0.2, 0.25) is 0 Å². The lowest BCUT2D eigenvalue weighted by atomic mass is 9.47. The predicted molar refractivity (Wildman–Crippen MR) is 157 cm³/mol. The molecule has 0 radical (unpaired) electrons. The second-order valence-corrected chi connectivity index (χ2v) is 14.4. The molecule has 0 spiro atoms. The Labute approximate surface area is 227 Å². The largest absolute Gasteiger partial charge is 0.399 e. The Morgan fingerprint density at radius 1 is 0.973 bits per heavy atom. The number of allylic oxidation sites excluding steroid dienone is 1. The second-order valence-electron chi connectivity index (χ2n) is 14.4. The van der Waals surface area contributed by atoms with E-state index in [4.69, 9.17) is 16.2 Å². The Hall–Kier alpha value is -1.48. The summed E-state index contributed by atoms with van der Waals surface area (Å²) in [5.74, 6) is 5.37. The fourth-order valence-corrected chi connectivity index (χ4v) is 9.75. The number of hydrogen-bond donors (Lipinski definition) is 2. The summed E-state index contributed by atoms with van der Waals surface area (Å²) in [6.45, 7) is 13.3. The van der Waals surface area contributed by atoms with E-state index in [0.717, 1.165) is 53.2 Å². The number of benzene rings is 1. The molecule has 3 fully saturated rings. The SMILES string of the molecule is CC(C)CCC[C@@H](C)[C@H]1CCC2C3CC=C4CC(OCc5ccc(N)cc5N)CC[C@]4(C)C3CC[C@@]21C. The molecule has 4 aliphatic rings. The molecule has 1 aromatic rings. The van der Waals surface area contributed by atoms with E-state index in [2.05, 4.69) is 40.7 Å². The summed E-state index contributed by atoms with van der Waals surface area (Å²) >= 11 is 0. The van der Waals surface area contributed by atoms with Crippen LogP contribution in [0.1, 0.15) is 111 Å². The van der Waals surface area contributed by atoms with Crippen LogP contribution in [-0.4, -0.2) is 6.10 Å². The lowest BCUT2D eigenvalue weighted by Gasteiger charge is -2.58. The van der Waals surface area contributed by atoms with Crippen LogP contribution in [0.5, 0.6) is 0 Å². The molecule has 8 atom stereocenters. The van der Waals surface area contributed by atoms with Crippen molar-refractivity contribution in [2.24, 2.45) is 46.3 Å². The first-order chi connectivity index (χ1) is 17.6. The van der Waals surface area contributed by atoms with Gasteiger partial charge in [0.15, 0.2) is 0 Å². The van der Waals surface area contributed by atoms with Gasteiger partial charge >= 0.3 is 0 Å². The molecule has 0 aromatic heterocycles. The smallest absolute Gasteiger partial charge is 0.0740 e. The Bertz CT molecular complexity index is 984. The van der Waals surface area contributed by atoms with Gasteiger partial charge in [0.05, 0.1) is 12.7 Å². The Kier molecular flexibility index (Phi) is 7.76. The summed E-state index contributed by atoms with van der Waals surface area (Å²) in [5.41, 5.74) is 17.2. The summed E-state index contributed by atoms with van der Waals surface area (Å²) in [6, 6.07) is 5.78. The molecular formula is C34H54N2O. The van der Waals surface area contributed by atoms with Gasteiger partial charge in [-0.05, 0) is 110 Å². The summed E-state index contributed by atoms with van der Waals surface area (Å²) in [4.78, 5) is 0. The van der Waals surface area contributed by atoms with Gasteiger partial charge in [-0.25, -0.2) is 0 Å². The third kappa shape index (κ3) is 5.11. The highest BCUT2D eigenvalue weighted by molar-refractivity contribution is 5.56. The third-order valence-electron chi connectivity index (χ3n) is 11.9. The van der Waals surface area contributed by atoms with E-state index in [0.29, 0.717) is 29.2 Å². The van der Waals surface area contributed by atoms with Crippen molar-refractivity contribution >= 4 is 11.4 Å². The first-order valence-electron chi connectivity index (χ1n) is 15.6. The molecule has 4 unspecified atom stereocenters. The predicted octanol–water partition coefficient (Wildman–Crippen LogP) is 8.78. The van der Waals surface area contributed by atoms with Gasteiger partial charge in [0.1, 0.15) is 0 Å². The number of nitrogens with two attached hydrogens (primary N) is 2. The Morgan fingerprint density at radius 2 is 1.78 bits per heavy atom. The van der Waals surface area contributed by atoms with E-state index < -0.39 is 0 Å². The molecule has 3 nitrogen and oxygen atoms in total. The Morgan fingerprint density at radius 3 is 2.54 bits per heavy atom. The molecule has 3 saturated carbocycles. The highest BCUT2D eigenvalue weighted by Crippen LogP contribution is 2.67. The minimum absolute atomic E-state index is 0.309. The third-order valence-corrected chi connectivity index (χ3v) is 11.9. The number of fused-ring (bicyclic) bond motifs is 5. The minimum atomic E-state index is 0.309. The highest BCUT2D eigenvalue weighted by Gasteiger charge is 2.59. The normalized spacial score (nSPS) is 38.0. The number of anilines is 2. The van der Waals surface area contributed by atoms with Crippen LogP contribution in [0.4, 0.5) is 11.4 Å². The highest BCUT2D eigenvalue weighted by atomic mass is 16.5. The number of ether oxygens (including phenoxy) is 1. The summed E-state index contributed by atoms with van der Waals surface area (Å²) < 4.78 is 6.43. The first-order valence-corrected chi connectivity index (χ1v) is 15.6. The quantitative estimate of drug-likeness (QED) is 0.273. The second kappa shape index (κ2) is 10.6. The maximum Gasteiger partial charge on any atom is 0.0740 e. The molecule has 0 heterocycles. The van der Waals surface area contributed by atoms with Crippen molar-refractivity contribution in [1.29, 1.82) is 0 Å². The topological polar surface area (TPSA) is 61.3 Å². The number of rotatable bonds is 8. The molecule has 1 aromatic carbocycles. The van der Waals surface area contributed by atoms with E-state index in [1.807, 2.05) is 18.2 Å². The minimum Gasteiger partial charge on any atom is -0.399 e. The van der Waals surface area contributed by atoms with Crippen molar-refractivity contribution in [3.63, 3.8) is 0 Å². The van der Waals surface area contributed by atoms with Gasteiger partial charge in [-0.1, -0.05) is 71.6 Å². The average molecular weight is 507 g/mol. The van der Waals surface area contributed by atoms with Crippen LogP contribution in [-0.2, 0) is 11.3 Å². The van der Waals surface area contributed by atoms with Crippen molar-refractivity contribution < 1.29 is 4.74 Å². The standard InChI is InChI=1S/C34H54N2O/c1-22(2)7-6-8-23(3)29-13-14-30-28-12-10-25-19-27(37-21-24-9-11-26(35)20-32(24)36)15-17-33(25,4)31(28)16-18-34(29,30)5/h9-11,20,22-23,27-31H,6-8,12-19,21,35-36H2,1-5H3/t23-,27?,28?,29-,30?,31?,33+,34-/m1/s1. The fourth-order valence-electron chi connectivity index (χ4n) is 9.75. The van der Waals surface area contributed by atoms with Gasteiger partial charge in [-0.2, -0.15) is 0 Å². The fraction of sp³-hybridized carbons (Fsp3) is 0.765. The van der Waals surface area contributed by atoms with Crippen molar-refractivity contribution in [3.05, 3.63) is 35.4 Å². The maximum atomic E-state index is 6.43. The van der Waals surface area contributed by atoms with Gasteiger partial charge in [0, 0.05) is 16.9 Å². The molecule has 5 rings (SSSR count). The van der Waals surface area contributed by atoms with Gasteiger partial charge in [-0.3, -0.25) is 0 Å². The molecule has 3 heteroatoms. The molecule has 0 bridgehead atoms. The molecular weight excluding hydrogens is 452 g/mol. The molecule has 0 amide bonds. The molecule has 0 aliphatic heterocycles. The van der Waals surface area contributed by atoms with Crippen molar-refractivity contribution in [1.82, 2.24) is 0 Å². The maximum absolute atomic E-state index is 6.43. The zero-order chi connectivity index (χ0) is 26.4. The van der Waals surface area contributed by atoms with E-state index in [1.54, 1.807) is 5.57 Å². The van der Waals surface area contributed by atoms with Gasteiger partial charge in [0.2, 0.25) is 0 Å². The van der Waals surface area contributed by atoms with Crippen molar-refractivity contribution in [2.45, 2.75) is 118 Å². The molecule has 4 N–H and O–H groups in total. The van der Waals surface area contributed by atoms with Gasteiger partial charge in [0.25, 0.3) is 0 Å². The lowest BCUT2D eigenvalue weighted by molar-refractivity contribution is -0.0656. The average Bonchev–Trinajstić information content (AvgIpc) is 3.20. The summed E-state index contributed by atoms with van der Waals surface area (Å²) in [7, 11) is 0. The van der Waals surface area contributed by atoms with Crippen LogP contribution >= 0.6 is 0 Å². The zero-order valence-electron chi connectivity index (χ0n) is 24.4. The van der Waals surface area contributed by atoms with Crippen LogP contribution in [0.15, 0.2) is 29.8 Å². The molecule has 206 valence electrons. The molecule has 4 aliphatic carbocycles. The summed E-state index contributed by atoms with van der Waals surface area (Å²) in [5, 5.41) is 0. The van der Waals surface area contributed by atoms with Crippen LogP contribution in [0.3, 0.4) is 0 Å². The van der Waals surface area contributed by atoms with E-state index in [-0.39, 0.29) is 0 Å². The van der Waals surface area contributed by atoms with E-state index in [9.17, 15) is 0 Å². The monoisotopic (exact) mass is 506 g/mol. The van der Waals surface area contributed by atoms with Crippen LogP contribution in [0.25, 0.3) is 0 Å². The van der Waals surface area contributed by atoms with Crippen molar-refractivity contribution in [3.8, 4) is 0 Å². The zero-order valence-corrected chi connectivity index (χ0v) is 24.4. The van der Waals surface area contributed by atoms with Crippen LogP contribution in [0, 0.1) is 46.3 Å². The van der Waals surface area contributed by atoms with Gasteiger partial charge in [-0.15, -0.1) is 0 Å². The van der Waals surface area contributed by atoms with Gasteiger partial charge < -0.3 is 16.2 Å². The van der Waals surface area contributed by atoms with E-state index in [1.165, 1.54) is 64.2 Å². The summed E-state index contributed by atoms with van der Waals surface area (Å²) in [6.07, 6.45) is 17.9. The Balaban J connectivity index is 1.23. The van der Waals surface area contributed by atoms with E-state index >= 15 is 0 Å². The first kappa shape index (κ1) is 27.1. The van der Waals surface area contributed by atoms with Crippen molar-refractivity contribution in [2.75, 3.05) is 11.5 Å². The van der Waals surface area contributed by atoms with Crippen LogP contribution < -0.4 is 11.5 Å².